The normalized spacial score (nSPS) is 10.4. The van der Waals surface area contributed by atoms with Crippen molar-refractivity contribution in [1.82, 2.24) is 5.16 Å². The fraction of sp³-hybridized carbons (Fsp3) is 0.182. The van der Waals surface area contributed by atoms with Crippen LogP contribution < -0.4 is 5.56 Å². The van der Waals surface area contributed by atoms with Crippen molar-refractivity contribution < 1.29 is 4.52 Å². The Kier molecular flexibility index (Phi) is 2.23. The van der Waals surface area contributed by atoms with Gasteiger partial charge < -0.3 is 4.52 Å². The maximum Gasteiger partial charge on any atom is 0.283 e. The lowest BCUT2D eigenvalue weighted by Crippen LogP contribution is -2.01. The molecule has 0 aliphatic rings. The van der Waals surface area contributed by atoms with E-state index in [9.17, 15) is 4.79 Å². The minimum atomic E-state index is -0.143. The zero-order valence-corrected chi connectivity index (χ0v) is 7.91. The van der Waals surface area contributed by atoms with E-state index in [1.54, 1.807) is 6.92 Å². The third-order valence-electron chi connectivity index (χ3n) is 2.23. The zero-order chi connectivity index (χ0) is 9.97. The van der Waals surface area contributed by atoms with Gasteiger partial charge in [-0.1, -0.05) is 30.3 Å². The Hall–Kier alpha value is -1.77. The van der Waals surface area contributed by atoms with Gasteiger partial charge in [-0.25, -0.2) is 0 Å². The second kappa shape index (κ2) is 3.54. The fourth-order valence-corrected chi connectivity index (χ4v) is 1.34. The Morgan fingerprint density at radius 2 is 2.00 bits per heavy atom. The first kappa shape index (κ1) is 8.81. The number of aromatic nitrogens is 1. The van der Waals surface area contributed by atoms with Gasteiger partial charge >= 0.3 is 0 Å². The monoisotopic (exact) mass is 189 g/mol. The molecule has 1 aromatic heterocycles. The summed E-state index contributed by atoms with van der Waals surface area (Å²) >= 11 is 0. The lowest BCUT2D eigenvalue weighted by atomic mass is 10.1. The second-order valence-corrected chi connectivity index (χ2v) is 3.24. The molecule has 0 spiro atoms. The van der Waals surface area contributed by atoms with Gasteiger partial charge in [-0.3, -0.25) is 4.79 Å². The van der Waals surface area contributed by atoms with Crippen molar-refractivity contribution >= 4 is 0 Å². The predicted molar refractivity (Wildman–Crippen MR) is 53.3 cm³/mol. The van der Waals surface area contributed by atoms with Crippen molar-refractivity contribution in [3.05, 3.63) is 57.6 Å². The van der Waals surface area contributed by atoms with E-state index in [0.717, 1.165) is 5.56 Å². The highest BCUT2D eigenvalue weighted by molar-refractivity contribution is 5.23. The van der Waals surface area contributed by atoms with Gasteiger partial charge in [0.1, 0.15) is 5.76 Å². The molecule has 0 amide bonds. The van der Waals surface area contributed by atoms with Gasteiger partial charge in [0.15, 0.2) is 0 Å². The standard InChI is InChI=1S/C11H11NO2/c1-8-10(14-12-11(8)13)7-9-5-3-2-4-6-9/h2-6H,7H2,1H3,(H,12,13). The molecule has 1 N–H and O–H groups in total. The molecule has 3 heteroatoms. The Balaban J connectivity index is 2.28. The van der Waals surface area contributed by atoms with E-state index in [1.165, 1.54) is 0 Å². The molecular formula is C11H11NO2. The number of H-pyrrole nitrogens is 1. The SMILES string of the molecule is Cc1c(Cc2ccccc2)o[nH]c1=O. The Bertz CT molecular complexity index is 468. The van der Waals surface area contributed by atoms with Crippen LogP contribution in [0.4, 0.5) is 0 Å². The van der Waals surface area contributed by atoms with Crippen molar-refractivity contribution in [2.75, 3.05) is 0 Å². The smallest absolute Gasteiger partial charge is 0.283 e. The van der Waals surface area contributed by atoms with Crippen LogP contribution in [0.5, 0.6) is 0 Å². The third kappa shape index (κ3) is 1.62. The van der Waals surface area contributed by atoms with Gasteiger partial charge in [-0.15, -0.1) is 0 Å². The molecule has 14 heavy (non-hydrogen) atoms. The quantitative estimate of drug-likeness (QED) is 0.783. The van der Waals surface area contributed by atoms with Gasteiger partial charge in [0.25, 0.3) is 5.56 Å². The van der Waals surface area contributed by atoms with E-state index < -0.39 is 0 Å². The first-order valence-electron chi connectivity index (χ1n) is 4.48. The summed E-state index contributed by atoms with van der Waals surface area (Å²) in [6, 6.07) is 9.91. The van der Waals surface area contributed by atoms with Crippen LogP contribution in [0, 0.1) is 6.92 Å². The molecule has 0 radical (unpaired) electrons. The van der Waals surface area contributed by atoms with Crippen molar-refractivity contribution in [1.29, 1.82) is 0 Å². The van der Waals surface area contributed by atoms with Crippen molar-refractivity contribution in [3.63, 3.8) is 0 Å². The van der Waals surface area contributed by atoms with Gasteiger partial charge in [0.2, 0.25) is 0 Å². The van der Waals surface area contributed by atoms with Crippen LogP contribution in [0.25, 0.3) is 0 Å². The molecular weight excluding hydrogens is 178 g/mol. The maximum absolute atomic E-state index is 11.1. The molecule has 0 bridgehead atoms. The van der Waals surface area contributed by atoms with Crippen molar-refractivity contribution in [3.8, 4) is 0 Å². The molecule has 0 aliphatic carbocycles. The zero-order valence-electron chi connectivity index (χ0n) is 7.91. The largest absolute Gasteiger partial charge is 0.383 e. The maximum atomic E-state index is 11.1. The molecule has 0 saturated heterocycles. The number of nitrogens with one attached hydrogen (secondary N) is 1. The highest BCUT2D eigenvalue weighted by Gasteiger charge is 2.07. The van der Waals surface area contributed by atoms with Gasteiger partial charge in [-0.05, 0) is 12.5 Å². The topological polar surface area (TPSA) is 46.0 Å². The fourth-order valence-electron chi connectivity index (χ4n) is 1.34. The Morgan fingerprint density at radius 1 is 1.29 bits per heavy atom. The van der Waals surface area contributed by atoms with Gasteiger partial charge in [0, 0.05) is 6.42 Å². The van der Waals surface area contributed by atoms with Crippen LogP contribution in [0.3, 0.4) is 0 Å². The number of rotatable bonds is 2. The second-order valence-electron chi connectivity index (χ2n) is 3.24. The predicted octanol–water partition coefficient (Wildman–Crippen LogP) is 1.87. The summed E-state index contributed by atoms with van der Waals surface area (Å²) < 4.78 is 5.06. The van der Waals surface area contributed by atoms with Crippen molar-refractivity contribution in [2.24, 2.45) is 0 Å². The van der Waals surface area contributed by atoms with E-state index >= 15 is 0 Å². The van der Waals surface area contributed by atoms with Crippen LogP contribution in [0.2, 0.25) is 0 Å². The first-order chi connectivity index (χ1) is 6.77. The van der Waals surface area contributed by atoms with E-state index in [-0.39, 0.29) is 5.56 Å². The average Bonchev–Trinajstić information content (AvgIpc) is 2.52. The van der Waals surface area contributed by atoms with Crippen LogP contribution >= 0.6 is 0 Å². The number of aromatic amines is 1. The summed E-state index contributed by atoms with van der Waals surface area (Å²) in [6.07, 6.45) is 0.658. The average molecular weight is 189 g/mol. The minimum absolute atomic E-state index is 0.143. The number of hydrogen-bond acceptors (Lipinski definition) is 2. The summed E-state index contributed by atoms with van der Waals surface area (Å²) in [4.78, 5) is 11.1. The molecule has 0 fully saturated rings. The van der Waals surface area contributed by atoms with E-state index in [4.69, 9.17) is 4.52 Å². The molecule has 2 rings (SSSR count). The van der Waals surface area contributed by atoms with Gasteiger partial charge in [0.05, 0.1) is 5.56 Å². The summed E-state index contributed by atoms with van der Waals surface area (Å²) in [5, 5.41) is 2.33. The lowest BCUT2D eigenvalue weighted by Gasteiger charge is -1.96. The van der Waals surface area contributed by atoms with E-state index in [0.29, 0.717) is 17.7 Å². The number of benzene rings is 1. The minimum Gasteiger partial charge on any atom is -0.383 e. The van der Waals surface area contributed by atoms with Crippen LogP contribution in [0.15, 0.2) is 39.6 Å². The summed E-state index contributed by atoms with van der Waals surface area (Å²) in [6.45, 7) is 1.76. The van der Waals surface area contributed by atoms with Gasteiger partial charge in [-0.2, -0.15) is 5.16 Å². The molecule has 1 heterocycles. The summed E-state index contributed by atoms with van der Waals surface area (Å²) in [7, 11) is 0. The summed E-state index contributed by atoms with van der Waals surface area (Å²) in [5.74, 6) is 0.709. The van der Waals surface area contributed by atoms with Crippen molar-refractivity contribution in [2.45, 2.75) is 13.3 Å². The number of hydrogen-bond donors (Lipinski definition) is 1. The first-order valence-corrected chi connectivity index (χ1v) is 4.48. The molecule has 0 atom stereocenters. The Labute approximate surface area is 81.3 Å². The molecule has 0 saturated carbocycles. The molecule has 2 aromatic rings. The molecule has 72 valence electrons. The molecule has 1 aromatic carbocycles. The molecule has 0 unspecified atom stereocenters. The third-order valence-corrected chi connectivity index (χ3v) is 2.23. The van der Waals surface area contributed by atoms with Crippen LogP contribution in [-0.2, 0) is 6.42 Å². The Morgan fingerprint density at radius 3 is 2.57 bits per heavy atom. The lowest BCUT2D eigenvalue weighted by molar-refractivity contribution is 0.384. The molecule has 3 nitrogen and oxygen atoms in total. The van der Waals surface area contributed by atoms with E-state index in [2.05, 4.69) is 5.16 Å². The highest BCUT2D eigenvalue weighted by atomic mass is 16.5. The van der Waals surface area contributed by atoms with E-state index in [1.807, 2.05) is 30.3 Å². The molecule has 0 aliphatic heterocycles. The van der Waals surface area contributed by atoms with Crippen LogP contribution in [0.1, 0.15) is 16.9 Å². The summed E-state index contributed by atoms with van der Waals surface area (Å²) in [5.41, 5.74) is 1.66. The highest BCUT2D eigenvalue weighted by Crippen LogP contribution is 2.09. The van der Waals surface area contributed by atoms with Crippen LogP contribution in [-0.4, -0.2) is 5.16 Å².